The first kappa shape index (κ1) is 15.1. The van der Waals surface area contributed by atoms with Gasteiger partial charge in [0.2, 0.25) is 5.78 Å². The first-order valence-electron chi connectivity index (χ1n) is 9.01. The molecule has 0 atom stereocenters. The van der Waals surface area contributed by atoms with E-state index in [0.717, 1.165) is 16.6 Å². The van der Waals surface area contributed by atoms with Crippen molar-refractivity contribution in [3.8, 4) is 0 Å². The number of carbonyl (C=O) groups is 1. The predicted octanol–water partition coefficient (Wildman–Crippen LogP) is 3.14. The van der Waals surface area contributed by atoms with Crippen LogP contribution < -0.4 is 16.1 Å². The molecule has 3 aromatic carbocycles. The van der Waals surface area contributed by atoms with Crippen molar-refractivity contribution in [2.45, 2.75) is 0 Å². The van der Waals surface area contributed by atoms with E-state index >= 15 is 0 Å². The molecular weight excluding hydrogens is 350 g/mol. The molecule has 0 bridgehead atoms. The second kappa shape index (κ2) is 5.27. The Balaban J connectivity index is 1.89. The van der Waals surface area contributed by atoms with Crippen LogP contribution in [0.4, 0.5) is 5.69 Å². The number of anilines is 1. The molecule has 0 spiro atoms. The molecule has 5 heteroatoms. The fourth-order valence-electron chi connectivity index (χ4n) is 4.06. The maximum atomic E-state index is 13.2. The molecule has 1 aliphatic rings. The van der Waals surface area contributed by atoms with Gasteiger partial charge in [-0.15, -0.1) is 0 Å². The molecule has 1 aliphatic heterocycles. The summed E-state index contributed by atoms with van der Waals surface area (Å²) in [7, 11) is 0. The molecule has 6 rings (SSSR count). The first-order chi connectivity index (χ1) is 13.7. The van der Waals surface area contributed by atoms with E-state index in [1.54, 1.807) is 16.5 Å². The largest absolute Gasteiger partial charge is 0.351 e. The fourth-order valence-corrected chi connectivity index (χ4v) is 4.06. The minimum Gasteiger partial charge on any atom is -0.351 e. The number of hydrogen-bond donors (Lipinski definition) is 1. The maximum Gasteiger partial charge on any atom is 0.266 e. The van der Waals surface area contributed by atoms with Crippen molar-refractivity contribution in [1.29, 1.82) is 0 Å². The molecule has 0 aliphatic carbocycles. The normalized spacial score (nSPS) is 15.4. The van der Waals surface area contributed by atoms with E-state index < -0.39 is 0 Å². The molecular formula is C23H13N3O2. The van der Waals surface area contributed by atoms with Crippen LogP contribution in [-0.2, 0) is 0 Å². The number of aromatic nitrogens is 2. The molecule has 2 aromatic heterocycles. The third-order valence-electron chi connectivity index (χ3n) is 5.32. The highest BCUT2D eigenvalue weighted by Gasteiger charge is 2.27. The minimum absolute atomic E-state index is 0.0868. The zero-order chi connectivity index (χ0) is 18.8. The summed E-state index contributed by atoms with van der Waals surface area (Å²) in [5.41, 5.74) is 3.59. The molecule has 0 fully saturated rings. The summed E-state index contributed by atoms with van der Waals surface area (Å²) in [4.78, 5) is 31.1. The second-order valence-electron chi connectivity index (χ2n) is 6.86. The van der Waals surface area contributed by atoms with Crippen LogP contribution in [0.1, 0.15) is 10.4 Å². The van der Waals surface area contributed by atoms with Crippen LogP contribution in [0, 0.1) is 0 Å². The van der Waals surface area contributed by atoms with Gasteiger partial charge in [0.15, 0.2) is 5.65 Å². The summed E-state index contributed by atoms with van der Waals surface area (Å²) in [6.07, 6.45) is 0. The number of fused-ring (bicyclic) bond motifs is 5. The molecule has 0 amide bonds. The van der Waals surface area contributed by atoms with Gasteiger partial charge in [0.25, 0.3) is 5.56 Å². The standard InChI is InChI=1S/C23H13N3O2/c27-21-13-7-1-4-10-16(13)24-20(21)19-15-9-3-6-12-18(15)26-22(19)25-17-11-5-2-8-14(17)23(26)28/h1-12,24H/b20-19+. The Labute approximate surface area is 158 Å². The SMILES string of the molecule is O=C1/C(=c2/c3ccccc3n3c(=O)c4ccccc4nc23)Nc2ccccc21. The summed E-state index contributed by atoms with van der Waals surface area (Å²) in [6, 6.07) is 22.3. The molecule has 28 heavy (non-hydrogen) atoms. The van der Waals surface area contributed by atoms with Gasteiger partial charge in [0.05, 0.1) is 27.3 Å². The molecule has 132 valence electrons. The van der Waals surface area contributed by atoms with Gasteiger partial charge in [-0.2, -0.15) is 0 Å². The predicted molar refractivity (Wildman–Crippen MR) is 109 cm³/mol. The molecule has 1 N–H and O–H groups in total. The zero-order valence-electron chi connectivity index (χ0n) is 14.6. The molecule has 5 aromatic rings. The van der Waals surface area contributed by atoms with Crippen molar-refractivity contribution in [3.63, 3.8) is 0 Å². The van der Waals surface area contributed by atoms with Crippen molar-refractivity contribution in [2.75, 3.05) is 5.32 Å². The van der Waals surface area contributed by atoms with Gasteiger partial charge >= 0.3 is 0 Å². The smallest absolute Gasteiger partial charge is 0.266 e. The van der Waals surface area contributed by atoms with E-state index in [1.165, 1.54) is 0 Å². The van der Waals surface area contributed by atoms with E-state index in [-0.39, 0.29) is 11.3 Å². The van der Waals surface area contributed by atoms with Gasteiger partial charge in [-0.25, -0.2) is 4.98 Å². The Morgan fingerprint density at radius 2 is 1.50 bits per heavy atom. The molecule has 0 radical (unpaired) electrons. The molecule has 0 saturated heterocycles. The van der Waals surface area contributed by atoms with Crippen LogP contribution in [-0.4, -0.2) is 15.2 Å². The highest BCUT2D eigenvalue weighted by atomic mass is 16.1. The Bertz CT molecular complexity index is 1580. The van der Waals surface area contributed by atoms with Crippen LogP contribution in [0.25, 0.3) is 33.2 Å². The van der Waals surface area contributed by atoms with Gasteiger partial charge < -0.3 is 5.32 Å². The highest BCUT2D eigenvalue weighted by molar-refractivity contribution is 6.34. The summed E-state index contributed by atoms with van der Waals surface area (Å²) < 4.78 is 1.61. The summed E-state index contributed by atoms with van der Waals surface area (Å²) in [6.45, 7) is 0. The van der Waals surface area contributed by atoms with Crippen LogP contribution in [0.15, 0.2) is 77.6 Å². The fraction of sp³-hybridized carbons (Fsp3) is 0. The van der Waals surface area contributed by atoms with Gasteiger partial charge in [0.1, 0.15) is 0 Å². The van der Waals surface area contributed by atoms with Crippen molar-refractivity contribution < 1.29 is 4.79 Å². The summed E-state index contributed by atoms with van der Waals surface area (Å²) in [5, 5.41) is 5.30. The van der Waals surface area contributed by atoms with Gasteiger partial charge in [-0.3, -0.25) is 14.0 Å². The summed E-state index contributed by atoms with van der Waals surface area (Å²) >= 11 is 0. The average Bonchev–Trinajstić information content (AvgIpc) is 3.23. The van der Waals surface area contributed by atoms with Crippen LogP contribution in [0.3, 0.4) is 0 Å². The molecule has 5 nitrogen and oxygen atoms in total. The number of benzene rings is 3. The third-order valence-corrected chi connectivity index (χ3v) is 5.32. The van der Waals surface area contributed by atoms with E-state index in [1.807, 2.05) is 60.7 Å². The van der Waals surface area contributed by atoms with Gasteiger partial charge in [0, 0.05) is 16.6 Å². The van der Waals surface area contributed by atoms with E-state index in [4.69, 9.17) is 4.98 Å². The number of rotatable bonds is 0. The lowest BCUT2D eigenvalue weighted by Crippen LogP contribution is -2.19. The number of carbonyl (C=O) groups excluding carboxylic acids is 1. The molecule has 0 saturated carbocycles. The van der Waals surface area contributed by atoms with Crippen LogP contribution in [0.2, 0.25) is 0 Å². The lowest BCUT2D eigenvalue weighted by atomic mass is 10.1. The lowest BCUT2D eigenvalue weighted by Gasteiger charge is -2.00. The van der Waals surface area contributed by atoms with Gasteiger partial charge in [-0.05, 0) is 30.3 Å². The van der Waals surface area contributed by atoms with Crippen molar-refractivity contribution in [3.05, 3.63) is 93.9 Å². The highest BCUT2D eigenvalue weighted by Crippen LogP contribution is 2.28. The van der Waals surface area contributed by atoms with E-state index in [0.29, 0.717) is 33.0 Å². The van der Waals surface area contributed by atoms with Crippen LogP contribution in [0.5, 0.6) is 0 Å². The van der Waals surface area contributed by atoms with Gasteiger partial charge in [-0.1, -0.05) is 42.5 Å². The number of hydrogen-bond acceptors (Lipinski definition) is 4. The lowest BCUT2D eigenvalue weighted by molar-refractivity contribution is 0.106. The monoisotopic (exact) mass is 363 g/mol. The number of nitrogens with one attached hydrogen (secondary N) is 1. The van der Waals surface area contributed by atoms with E-state index in [9.17, 15) is 9.59 Å². The molecule has 0 unspecified atom stereocenters. The Morgan fingerprint density at radius 1 is 0.786 bits per heavy atom. The number of nitrogens with zero attached hydrogens (tertiary/aromatic N) is 2. The Morgan fingerprint density at radius 3 is 2.36 bits per heavy atom. The minimum atomic E-state index is -0.133. The Hall–Kier alpha value is -3.99. The maximum absolute atomic E-state index is 13.2. The van der Waals surface area contributed by atoms with Crippen LogP contribution >= 0.6 is 0 Å². The molecule has 3 heterocycles. The third kappa shape index (κ3) is 1.82. The Kier molecular flexibility index (Phi) is 2.84. The summed E-state index contributed by atoms with van der Waals surface area (Å²) in [5.74, 6) is -0.0868. The number of para-hydroxylation sites is 3. The van der Waals surface area contributed by atoms with Crippen molar-refractivity contribution in [1.82, 2.24) is 9.38 Å². The first-order valence-corrected chi connectivity index (χ1v) is 9.01. The number of Topliss-reactive ketones (excluding diaryl/α,β-unsaturated/α-hetero) is 1. The quantitative estimate of drug-likeness (QED) is 0.459. The van der Waals surface area contributed by atoms with Crippen molar-refractivity contribution in [2.24, 2.45) is 0 Å². The second-order valence-corrected chi connectivity index (χ2v) is 6.86. The average molecular weight is 363 g/mol. The number of ketones is 1. The van der Waals surface area contributed by atoms with Crippen molar-refractivity contribution >= 4 is 44.6 Å². The zero-order valence-corrected chi connectivity index (χ0v) is 14.6. The topological polar surface area (TPSA) is 63.5 Å². The van der Waals surface area contributed by atoms with E-state index in [2.05, 4.69) is 5.32 Å².